The smallest absolute Gasteiger partial charge is 0.136 e. The predicted molar refractivity (Wildman–Crippen MR) is 124 cm³/mol. The first-order valence-electron chi connectivity index (χ1n) is 8.99. The van der Waals surface area contributed by atoms with Crippen molar-refractivity contribution in [1.82, 2.24) is 9.80 Å². The summed E-state index contributed by atoms with van der Waals surface area (Å²) in [6.45, 7) is 17.7. The minimum atomic E-state index is 0.468. The number of nitrogens with zero attached hydrogens (tertiary/aromatic N) is 2. The Labute approximate surface area is 169 Å². The second kappa shape index (κ2) is 12.8. The van der Waals surface area contributed by atoms with Gasteiger partial charge in [0.05, 0.1) is 0 Å². The first-order chi connectivity index (χ1) is 11.1. The third kappa shape index (κ3) is 9.25. The van der Waals surface area contributed by atoms with Gasteiger partial charge in [-0.2, -0.15) is 0 Å². The first-order valence-corrected chi connectivity index (χ1v) is 11.8. The Hall–Kier alpha value is 0.480. The van der Waals surface area contributed by atoms with Gasteiger partial charge in [0.1, 0.15) is 8.64 Å². The highest BCUT2D eigenvalue weighted by atomic mass is 32.2. The van der Waals surface area contributed by atoms with Gasteiger partial charge in [0.25, 0.3) is 0 Å². The van der Waals surface area contributed by atoms with Gasteiger partial charge in [-0.1, -0.05) is 48.0 Å². The molecule has 0 spiro atoms. The second-order valence-electron chi connectivity index (χ2n) is 7.13. The molecule has 0 heterocycles. The summed E-state index contributed by atoms with van der Waals surface area (Å²) in [7, 11) is 0. The Bertz CT molecular complexity index is 329. The van der Waals surface area contributed by atoms with E-state index in [2.05, 4.69) is 65.2 Å². The van der Waals surface area contributed by atoms with Gasteiger partial charge in [-0.3, -0.25) is 0 Å². The first kappa shape index (κ1) is 24.5. The molecule has 0 aliphatic rings. The predicted octanol–water partition coefficient (Wildman–Crippen LogP) is 6.04. The summed E-state index contributed by atoms with van der Waals surface area (Å²) in [6, 6.07) is 1.87. The van der Waals surface area contributed by atoms with E-state index in [0.717, 1.165) is 20.1 Å². The third-order valence-electron chi connectivity index (χ3n) is 3.64. The van der Waals surface area contributed by atoms with Crippen LogP contribution in [0.1, 0.15) is 68.2 Å². The van der Waals surface area contributed by atoms with Crippen LogP contribution < -0.4 is 0 Å². The minimum Gasteiger partial charge on any atom is -0.353 e. The van der Waals surface area contributed by atoms with Crippen LogP contribution in [0.3, 0.4) is 0 Å². The van der Waals surface area contributed by atoms with Gasteiger partial charge in [-0.15, -0.1) is 0 Å². The molecule has 0 aromatic rings. The molecule has 0 aliphatic carbocycles. The highest BCUT2D eigenvalue weighted by Gasteiger charge is 2.18. The molecule has 0 N–H and O–H groups in total. The Morgan fingerprint density at radius 1 is 0.625 bits per heavy atom. The van der Waals surface area contributed by atoms with Crippen LogP contribution in [0.2, 0.25) is 0 Å². The van der Waals surface area contributed by atoms with Crippen molar-refractivity contribution in [1.29, 1.82) is 0 Å². The molecule has 0 rings (SSSR count). The van der Waals surface area contributed by atoms with E-state index in [4.69, 9.17) is 24.4 Å². The van der Waals surface area contributed by atoms with Gasteiger partial charge in [0.2, 0.25) is 0 Å². The van der Waals surface area contributed by atoms with Crippen LogP contribution in [-0.4, -0.2) is 54.1 Å². The summed E-state index contributed by atoms with van der Waals surface area (Å²) in [6.07, 6.45) is 2.38. The fourth-order valence-corrected chi connectivity index (χ4v) is 6.24. The lowest BCUT2D eigenvalue weighted by atomic mass is 10.2. The molecule has 0 aliphatic heterocycles. The van der Waals surface area contributed by atoms with Crippen molar-refractivity contribution < 1.29 is 0 Å². The summed E-state index contributed by atoms with van der Waals surface area (Å²) in [4.78, 5) is 4.65. The standard InChI is InChI=1S/C18H36N2S4/c1-13(2)19(14(3)4)17(21)23-11-9-10-12-24-18(22)20(15(5)6)16(7)8/h13-16H,9-12H2,1-8H3. The Morgan fingerprint density at radius 3 is 1.08 bits per heavy atom. The maximum atomic E-state index is 5.60. The number of hydrogen-bond acceptors (Lipinski definition) is 4. The minimum absolute atomic E-state index is 0.468. The van der Waals surface area contributed by atoms with Gasteiger partial charge in [0, 0.05) is 35.7 Å². The summed E-state index contributed by atoms with van der Waals surface area (Å²) in [5.41, 5.74) is 0. The molecule has 142 valence electrons. The molecular formula is C18H36N2S4. The fourth-order valence-electron chi connectivity index (χ4n) is 2.71. The van der Waals surface area contributed by atoms with E-state index in [1.54, 1.807) is 0 Å². The SMILES string of the molecule is CC(C)N(C(=S)SCCCCSC(=S)N(C(C)C)C(C)C)C(C)C. The van der Waals surface area contributed by atoms with Crippen molar-refractivity contribution in [3.05, 3.63) is 0 Å². The largest absolute Gasteiger partial charge is 0.353 e. The van der Waals surface area contributed by atoms with Crippen molar-refractivity contribution in [2.45, 2.75) is 92.4 Å². The molecule has 0 bridgehead atoms. The molecule has 0 unspecified atom stereocenters. The molecular weight excluding hydrogens is 372 g/mol. The molecule has 0 aromatic carbocycles. The molecule has 2 nitrogen and oxygen atoms in total. The average molecular weight is 409 g/mol. The molecule has 0 saturated carbocycles. The van der Waals surface area contributed by atoms with E-state index in [9.17, 15) is 0 Å². The summed E-state index contributed by atoms with van der Waals surface area (Å²) < 4.78 is 2.07. The van der Waals surface area contributed by atoms with Crippen molar-refractivity contribution in [3.63, 3.8) is 0 Å². The van der Waals surface area contributed by atoms with Crippen LogP contribution in [0.25, 0.3) is 0 Å². The lowest BCUT2D eigenvalue weighted by Crippen LogP contribution is -2.39. The van der Waals surface area contributed by atoms with E-state index in [1.165, 1.54) is 12.8 Å². The maximum absolute atomic E-state index is 5.60. The average Bonchev–Trinajstić information content (AvgIpc) is 2.40. The summed E-state index contributed by atoms with van der Waals surface area (Å²) in [5, 5.41) is 0. The summed E-state index contributed by atoms with van der Waals surface area (Å²) >= 11 is 14.8. The zero-order valence-corrected chi connectivity index (χ0v) is 19.9. The van der Waals surface area contributed by atoms with E-state index in [1.807, 2.05) is 23.5 Å². The monoisotopic (exact) mass is 408 g/mol. The Kier molecular flexibility index (Phi) is 13.0. The zero-order chi connectivity index (χ0) is 18.9. The lowest BCUT2D eigenvalue weighted by molar-refractivity contribution is 0.302. The normalized spacial score (nSPS) is 11.7. The van der Waals surface area contributed by atoms with Gasteiger partial charge >= 0.3 is 0 Å². The van der Waals surface area contributed by atoms with Crippen molar-refractivity contribution in [2.75, 3.05) is 11.5 Å². The van der Waals surface area contributed by atoms with Gasteiger partial charge in [0.15, 0.2) is 0 Å². The Balaban J connectivity index is 4.03. The Morgan fingerprint density at radius 2 is 0.875 bits per heavy atom. The zero-order valence-electron chi connectivity index (χ0n) is 16.7. The van der Waals surface area contributed by atoms with Crippen LogP contribution in [0.4, 0.5) is 0 Å². The third-order valence-corrected chi connectivity index (χ3v) is 6.67. The molecule has 0 aromatic heterocycles. The molecule has 0 saturated heterocycles. The van der Waals surface area contributed by atoms with Gasteiger partial charge in [-0.25, -0.2) is 0 Å². The number of hydrogen-bond donors (Lipinski definition) is 0. The van der Waals surface area contributed by atoms with Crippen LogP contribution in [0.15, 0.2) is 0 Å². The van der Waals surface area contributed by atoms with Crippen molar-refractivity contribution >= 4 is 56.6 Å². The van der Waals surface area contributed by atoms with Crippen molar-refractivity contribution in [3.8, 4) is 0 Å². The quantitative estimate of drug-likeness (QED) is 0.336. The second-order valence-corrected chi connectivity index (χ2v) is 10.6. The van der Waals surface area contributed by atoms with Gasteiger partial charge in [-0.05, 0) is 68.2 Å². The van der Waals surface area contributed by atoms with Crippen molar-refractivity contribution in [2.24, 2.45) is 0 Å². The number of rotatable bonds is 9. The van der Waals surface area contributed by atoms with E-state index >= 15 is 0 Å². The molecule has 24 heavy (non-hydrogen) atoms. The number of unbranched alkanes of at least 4 members (excludes halogenated alkanes) is 1. The van der Waals surface area contributed by atoms with Crippen LogP contribution in [-0.2, 0) is 0 Å². The molecule has 0 amide bonds. The van der Waals surface area contributed by atoms with Gasteiger partial charge < -0.3 is 9.80 Å². The summed E-state index contributed by atoms with van der Waals surface area (Å²) in [5.74, 6) is 2.19. The highest BCUT2D eigenvalue weighted by molar-refractivity contribution is 8.23. The number of thioether (sulfide) groups is 2. The van der Waals surface area contributed by atoms with E-state index < -0.39 is 0 Å². The lowest BCUT2D eigenvalue weighted by Gasteiger charge is -2.33. The van der Waals surface area contributed by atoms with E-state index in [-0.39, 0.29) is 0 Å². The molecule has 0 radical (unpaired) electrons. The highest BCUT2D eigenvalue weighted by Crippen LogP contribution is 2.20. The number of thiocarbonyl (C=S) groups is 2. The van der Waals surface area contributed by atoms with E-state index in [0.29, 0.717) is 24.2 Å². The molecule has 0 atom stereocenters. The molecule has 0 fully saturated rings. The topological polar surface area (TPSA) is 6.48 Å². The molecule has 6 heteroatoms. The fraction of sp³-hybridized carbons (Fsp3) is 0.889. The van der Waals surface area contributed by atoms with Crippen LogP contribution in [0, 0.1) is 0 Å². The maximum Gasteiger partial charge on any atom is 0.136 e. The van der Waals surface area contributed by atoms with Crippen LogP contribution in [0.5, 0.6) is 0 Å². The van der Waals surface area contributed by atoms with Crippen LogP contribution >= 0.6 is 48.0 Å².